The molecule has 4 heteroatoms. The summed E-state index contributed by atoms with van der Waals surface area (Å²) in [6, 6.07) is 0.357. The quantitative estimate of drug-likeness (QED) is 0.838. The summed E-state index contributed by atoms with van der Waals surface area (Å²) in [7, 11) is 0. The molecule has 0 bridgehead atoms. The minimum atomic E-state index is -0.0178. The van der Waals surface area contributed by atoms with Crippen LogP contribution in [0, 0.1) is 5.92 Å². The minimum Gasteiger partial charge on any atom is -0.348 e. The molecule has 0 saturated heterocycles. The molecular formula is C11H16N2OS. The Morgan fingerprint density at radius 2 is 2.20 bits per heavy atom. The molecule has 1 heterocycles. The number of carbonyl (C=O) groups is 1. The average molecular weight is 224 g/mol. The Hall–Kier alpha value is -0.900. The molecule has 0 spiro atoms. The minimum absolute atomic E-state index is 0.0178. The molecule has 0 aromatic carbocycles. The topological polar surface area (TPSA) is 42.0 Å². The lowest BCUT2D eigenvalue weighted by atomic mass is 9.87. The maximum Gasteiger partial charge on any atom is 0.270 e. The van der Waals surface area contributed by atoms with Gasteiger partial charge in [-0.3, -0.25) is 4.79 Å². The van der Waals surface area contributed by atoms with Gasteiger partial charge in [0.2, 0.25) is 0 Å². The molecule has 1 fully saturated rings. The van der Waals surface area contributed by atoms with Gasteiger partial charge in [-0.1, -0.05) is 6.92 Å². The molecular weight excluding hydrogens is 208 g/mol. The molecule has 3 nitrogen and oxygen atoms in total. The van der Waals surface area contributed by atoms with Gasteiger partial charge in [0.25, 0.3) is 5.91 Å². The van der Waals surface area contributed by atoms with E-state index in [9.17, 15) is 4.79 Å². The number of aromatic nitrogens is 1. The predicted octanol–water partition coefficient (Wildman–Crippen LogP) is 2.45. The summed E-state index contributed by atoms with van der Waals surface area (Å²) < 4.78 is 0. The lowest BCUT2D eigenvalue weighted by Gasteiger charge is -2.26. The molecule has 0 aliphatic heterocycles. The van der Waals surface area contributed by atoms with Crippen molar-refractivity contribution in [2.24, 2.45) is 5.92 Å². The highest BCUT2D eigenvalue weighted by atomic mass is 32.1. The highest BCUT2D eigenvalue weighted by Gasteiger charge is 2.20. The summed E-state index contributed by atoms with van der Waals surface area (Å²) in [6.07, 6.45) is 4.66. The van der Waals surface area contributed by atoms with Crippen LogP contribution < -0.4 is 5.32 Å². The van der Waals surface area contributed by atoms with E-state index in [4.69, 9.17) is 0 Å². The van der Waals surface area contributed by atoms with E-state index in [-0.39, 0.29) is 5.91 Å². The zero-order valence-electron chi connectivity index (χ0n) is 8.90. The highest BCUT2D eigenvalue weighted by Crippen LogP contribution is 2.23. The van der Waals surface area contributed by atoms with Gasteiger partial charge < -0.3 is 5.32 Å². The van der Waals surface area contributed by atoms with Gasteiger partial charge in [0.05, 0.1) is 5.51 Å². The number of carbonyl (C=O) groups excluding carboxylic acids is 1. The van der Waals surface area contributed by atoms with Crippen molar-refractivity contribution in [1.82, 2.24) is 10.3 Å². The molecule has 2 rings (SSSR count). The van der Waals surface area contributed by atoms with Gasteiger partial charge >= 0.3 is 0 Å². The normalized spacial score (nSPS) is 26.2. The lowest BCUT2D eigenvalue weighted by Crippen LogP contribution is -2.37. The van der Waals surface area contributed by atoms with Crippen LogP contribution in [0.4, 0.5) is 0 Å². The Bertz CT molecular complexity index is 315. The van der Waals surface area contributed by atoms with Crippen molar-refractivity contribution in [2.45, 2.75) is 38.6 Å². The van der Waals surface area contributed by atoms with Crippen molar-refractivity contribution in [3.63, 3.8) is 0 Å². The predicted molar refractivity (Wildman–Crippen MR) is 61.0 cm³/mol. The number of hydrogen-bond donors (Lipinski definition) is 1. The third kappa shape index (κ3) is 2.78. The van der Waals surface area contributed by atoms with Gasteiger partial charge in [0.1, 0.15) is 5.69 Å². The Kier molecular flexibility index (Phi) is 3.36. The Labute approximate surface area is 93.9 Å². The van der Waals surface area contributed by atoms with E-state index in [2.05, 4.69) is 17.2 Å². The first-order valence-electron chi connectivity index (χ1n) is 5.45. The van der Waals surface area contributed by atoms with Crippen LogP contribution in [-0.4, -0.2) is 16.9 Å². The number of nitrogens with zero attached hydrogens (tertiary/aromatic N) is 1. The Balaban J connectivity index is 1.85. The van der Waals surface area contributed by atoms with Crippen molar-refractivity contribution < 1.29 is 4.79 Å². The monoisotopic (exact) mass is 224 g/mol. The van der Waals surface area contributed by atoms with Crippen LogP contribution in [0.25, 0.3) is 0 Å². The molecule has 1 aliphatic carbocycles. The molecule has 0 unspecified atom stereocenters. The fourth-order valence-corrected chi connectivity index (χ4v) is 2.52. The van der Waals surface area contributed by atoms with E-state index in [0.717, 1.165) is 18.8 Å². The fraction of sp³-hybridized carbons (Fsp3) is 0.636. The lowest BCUT2D eigenvalue weighted by molar-refractivity contribution is 0.0918. The van der Waals surface area contributed by atoms with Crippen molar-refractivity contribution in [3.8, 4) is 0 Å². The maximum absolute atomic E-state index is 11.7. The maximum atomic E-state index is 11.7. The van der Waals surface area contributed by atoms with Gasteiger partial charge in [-0.05, 0) is 31.6 Å². The summed E-state index contributed by atoms with van der Waals surface area (Å²) >= 11 is 1.46. The van der Waals surface area contributed by atoms with E-state index in [0.29, 0.717) is 11.7 Å². The molecule has 0 atom stereocenters. The first-order chi connectivity index (χ1) is 7.25. The molecule has 82 valence electrons. The zero-order chi connectivity index (χ0) is 10.7. The average Bonchev–Trinajstić information content (AvgIpc) is 2.74. The Morgan fingerprint density at radius 1 is 1.47 bits per heavy atom. The molecule has 1 saturated carbocycles. The second kappa shape index (κ2) is 4.75. The molecule has 1 N–H and O–H groups in total. The van der Waals surface area contributed by atoms with Crippen LogP contribution in [0.15, 0.2) is 10.9 Å². The molecule has 1 aromatic rings. The van der Waals surface area contributed by atoms with Crippen LogP contribution in [-0.2, 0) is 0 Å². The van der Waals surface area contributed by atoms with Gasteiger partial charge in [-0.25, -0.2) is 4.98 Å². The van der Waals surface area contributed by atoms with Gasteiger partial charge in [0.15, 0.2) is 0 Å². The second-order valence-corrected chi connectivity index (χ2v) is 5.02. The number of hydrogen-bond acceptors (Lipinski definition) is 3. The molecule has 1 aliphatic rings. The third-order valence-electron chi connectivity index (χ3n) is 3.02. The highest BCUT2D eigenvalue weighted by molar-refractivity contribution is 7.07. The van der Waals surface area contributed by atoms with E-state index in [1.807, 2.05) is 0 Å². The first-order valence-corrected chi connectivity index (χ1v) is 6.39. The van der Waals surface area contributed by atoms with Gasteiger partial charge in [-0.2, -0.15) is 0 Å². The van der Waals surface area contributed by atoms with Crippen molar-refractivity contribution in [2.75, 3.05) is 0 Å². The van der Waals surface area contributed by atoms with Crippen LogP contribution in [0.2, 0.25) is 0 Å². The van der Waals surface area contributed by atoms with Gasteiger partial charge in [0, 0.05) is 11.4 Å². The smallest absolute Gasteiger partial charge is 0.270 e. The number of thiazole rings is 1. The summed E-state index contributed by atoms with van der Waals surface area (Å²) in [4.78, 5) is 15.7. The standard InChI is InChI=1S/C11H16N2OS/c1-8-2-4-9(5-3-8)13-11(14)10-6-15-7-12-10/h6-9H,2-5H2,1H3,(H,13,14). The Morgan fingerprint density at radius 3 is 2.80 bits per heavy atom. The molecule has 15 heavy (non-hydrogen) atoms. The summed E-state index contributed by atoms with van der Waals surface area (Å²) in [5, 5.41) is 4.84. The first kappa shape index (κ1) is 10.6. The SMILES string of the molecule is CC1CCC(NC(=O)c2cscn2)CC1. The van der Waals surface area contributed by atoms with Crippen molar-refractivity contribution >= 4 is 17.2 Å². The van der Waals surface area contributed by atoms with Crippen LogP contribution in [0.5, 0.6) is 0 Å². The fourth-order valence-electron chi connectivity index (χ4n) is 1.99. The zero-order valence-corrected chi connectivity index (χ0v) is 9.72. The summed E-state index contributed by atoms with van der Waals surface area (Å²) in [5.41, 5.74) is 2.25. The largest absolute Gasteiger partial charge is 0.348 e. The molecule has 0 radical (unpaired) electrons. The second-order valence-electron chi connectivity index (χ2n) is 4.30. The van der Waals surface area contributed by atoms with Crippen LogP contribution in [0.1, 0.15) is 43.1 Å². The van der Waals surface area contributed by atoms with E-state index < -0.39 is 0 Å². The summed E-state index contributed by atoms with van der Waals surface area (Å²) in [6.45, 7) is 2.28. The van der Waals surface area contributed by atoms with E-state index in [1.165, 1.54) is 24.2 Å². The molecule has 1 amide bonds. The van der Waals surface area contributed by atoms with Gasteiger partial charge in [-0.15, -0.1) is 11.3 Å². The van der Waals surface area contributed by atoms with E-state index in [1.54, 1.807) is 10.9 Å². The van der Waals surface area contributed by atoms with E-state index >= 15 is 0 Å². The number of amides is 1. The summed E-state index contributed by atoms with van der Waals surface area (Å²) in [5.74, 6) is 0.799. The van der Waals surface area contributed by atoms with Crippen molar-refractivity contribution in [3.05, 3.63) is 16.6 Å². The molecule has 1 aromatic heterocycles. The van der Waals surface area contributed by atoms with Crippen molar-refractivity contribution in [1.29, 1.82) is 0 Å². The number of rotatable bonds is 2. The van der Waals surface area contributed by atoms with Crippen LogP contribution in [0.3, 0.4) is 0 Å². The number of nitrogens with one attached hydrogen (secondary N) is 1. The van der Waals surface area contributed by atoms with Crippen LogP contribution >= 0.6 is 11.3 Å². The third-order valence-corrected chi connectivity index (χ3v) is 3.60.